The Morgan fingerprint density at radius 1 is 1.21 bits per heavy atom. The largest absolute Gasteiger partial charge is 0.456 e. The van der Waals surface area contributed by atoms with Crippen LogP contribution >= 0.6 is 0 Å². The first kappa shape index (κ1) is 35.7. The van der Waals surface area contributed by atoms with E-state index in [4.69, 9.17) is 19.9 Å². The summed E-state index contributed by atoms with van der Waals surface area (Å²) in [7, 11) is 0. The average molecular weight is 667 g/mol. The number of ether oxygens (including phenoxy) is 3. The van der Waals surface area contributed by atoms with Gasteiger partial charge >= 0.3 is 5.97 Å². The first-order valence-corrected chi connectivity index (χ1v) is 16.7. The van der Waals surface area contributed by atoms with E-state index in [1.165, 1.54) is 19.1 Å². The number of carbonyl (C=O) groups excluding carboxylic acids is 4. The molecule has 3 saturated carbocycles. The fourth-order valence-corrected chi connectivity index (χ4v) is 9.28. The molecule has 1 amide bonds. The van der Waals surface area contributed by atoms with Gasteiger partial charge < -0.3 is 35.5 Å². The van der Waals surface area contributed by atoms with Gasteiger partial charge in [-0.25, -0.2) is 13.6 Å². The fourth-order valence-electron chi connectivity index (χ4n) is 9.28. The molecule has 5 rings (SSSR count). The summed E-state index contributed by atoms with van der Waals surface area (Å²) in [4.78, 5) is 52.2. The minimum Gasteiger partial charge on any atom is -0.456 e. The first-order valence-electron chi connectivity index (χ1n) is 16.7. The fraction of sp³-hybridized carbons (Fsp3) is 0.765. The van der Waals surface area contributed by atoms with E-state index < -0.39 is 107 Å². The van der Waals surface area contributed by atoms with Crippen LogP contribution in [0.3, 0.4) is 0 Å². The van der Waals surface area contributed by atoms with Gasteiger partial charge in [0.05, 0.1) is 18.8 Å². The van der Waals surface area contributed by atoms with Gasteiger partial charge in [0.1, 0.15) is 18.3 Å². The van der Waals surface area contributed by atoms with Crippen LogP contribution in [0.1, 0.15) is 73.1 Å². The standard InChI is InChI=1S/C34H48F2N2O9/c1-6-7-28-46-27-13-19-20-12-22(35)21-11-18(40)8-9-31(21,4)33(20,36)25(41)14-32(19,5)34(27,47-28)26(42)16-45-30(44)24(10-17(2)3)38-29(43)23(37)15-39/h8-9,11,17,19-20,22-25,27-28,39,41H,6-7,10,12-16,37H2,1-5H3,(H,38,43)/t19?,20-,22-,23-,24-,25-,27+,28?,31-,32-,33-,34+/m0/s1. The van der Waals surface area contributed by atoms with Crippen LogP contribution in [-0.2, 0) is 33.4 Å². The summed E-state index contributed by atoms with van der Waals surface area (Å²) in [6.07, 6.45) is -0.348. The van der Waals surface area contributed by atoms with Crippen LogP contribution in [0.4, 0.5) is 8.78 Å². The number of hydrogen-bond acceptors (Lipinski definition) is 10. The van der Waals surface area contributed by atoms with Gasteiger partial charge in [0.15, 0.2) is 29.9 Å². The third kappa shape index (κ3) is 5.40. The minimum atomic E-state index is -2.35. The number of carbonyl (C=O) groups is 4. The second-order valence-electron chi connectivity index (χ2n) is 14.8. The van der Waals surface area contributed by atoms with Crippen molar-refractivity contribution in [2.24, 2.45) is 34.3 Å². The Balaban J connectivity index is 1.46. The van der Waals surface area contributed by atoms with Crippen LogP contribution in [0.2, 0.25) is 0 Å². The summed E-state index contributed by atoms with van der Waals surface area (Å²) in [5, 5.41) is 23.5. The molecule has 0 radical (unpaired) electrons. The Hall–Kier alpha value is -2.58. The number of hydrogen-bond donors (Lipinski definition) is 4. The summed E-state index contributed by atoms with van der Waals surface area (Å²) in [6.45, 7) is 7.44. The Bertz CT molecular complexity index is 1360. The van der Waals surface area contributed by atoms with Crippen molar-refractivity contribution in [3.63, 3.8) is 0 Å². The molecule has 0 spiro atoms. The molecule has 1 aliphatic heterocycles. The van der Waals surface area contributed by atoms with Crippen molar-refractivity contribution in [2.75, 3.05) is 13.2 Å². The quantitative estimate of drug-likeness (QED) is 0.239. The highest BCUT2D eigenvalue weighted by Gasteiger charge is 2.80. The van der Waals surface area contributed by atoms with Crippen LogP contribution < -0.4 is 11.1 Å². The van der Waals surface area contributed by atoms with E-state index in [0.29, 0.717) is 12.8 Å². The van der Waals surface area contributed by atoms with Crippen LogP contribution in [-0.4, -0.2) is 94.9 Å². The Morgan fingerprint density at radius 2 is 1.91 bits per heavy atom. The highest BCUT2D eigenvalue weighted by Crippen LogP contribution is 2.72. The molecule has 0 bridgehead atoms. The summed E-state index contributed by atoms with van der Waals surface area (Å²) in [5.41, 5.74) is -1.31. The number of aliphatic hydroxyl groups excluding tert-OH is 2. The van der Waals surface area contributed by atoms with E-state index >= 15 is 8.78 Å². The SMILES string of the molecule is CCCC1O[C@@H]2CC3[C@@H]4C[C@H](F)C5=CC(=O)C=C[C@]5(C)[C@@]4(F)[C@@H](O)C[C@]3(C)[C@]2(C(=O)COC(=O)[C@H](CC(C)C)NC(=O)[C@@H](N)CO)O1. The molecule has 4 fully saturated rings. The van der Waals surface area contributed by atoms with Crippen molar-refractivity contribution in [3.8, 4) is 0 Å². The van der Waals surface area contributed by atoms with Crippen LogP contribution in [0.15, 0.2) is 23.8 Å². The summed E-state index contributed by atoms with van der Waals surface area (Å²) >= 11 is 0. The summed E-state index contributed by atoms with van der Waals surface area (Å²) in [6, 6.07) is -2.40. The molecule has 5 N–H and O–H groups in total. The molecule has 11 nitrogen and oxygen atoms in total. The van der Waals surface area contributed by atoms with E-state index in [2.05, 4.69) is 5.32 Å². The van der Waals surface area contributed by atoms with Crippen molar-refractivity contribution in [1.82, 2.24) is 5.32 Å². The summed E-state index contributed by atoms with van der Waals surface area (Å²) in [5.74, 6) is -4.49. The molecule has 2 unspecified atom stereocenters. The zero-order valence-corrected chi connectivity index (χ0v) is 27.7. The van der Waals surface area contributed by atoms with Crippen molar-refractivity contribution >= 4 is 23.4 Å². The van der Waals surface area contributed by atoms with Gasteiger partial charge in [0.25, 0.3) is 0 Å². The van der Waals surface area contributed by atoms with E-state index in [9.17, 15) is 29.4 Å². The van der Waals surface area contributed by atoms with Gasteiger partial charge in [-0.1, -0.05) is 40.2 Å². The molecular formula is C34H48F2N2O9. The number of halogens is 2. The average Bonchev–Trinajstić information content (AvgIpc) is 3.49. The lowest BCUT2D eigenvalue weighted by Gasteiger charge is -2.63. The zero-order chi connectivity index (χ0) is 34.7. The first-order chi connectivity index (χ1) is 22.0. The number of Topliss-reactive ketones (excluding diaryl/α,β-unsaturated/α-hetero) is 1. The molecule has 47 heavy (non-hydrogen) atoms. The maximum absolute atomic E-state index is 17.7. The van der Waals surface area contributed by atoms with Gasteiger partial charge in [-0.05, 0) is 68.6 Å². The second-order valence-corrected chi connectivity index (χ2v) is 14.8. The monoisotopic (exact) mass is 666 g/mol. The lowest BCUT2D eigenvalue weighted by Crippen LogP contribution is -2.71. The van der Waals surface area contributed by atoms with Gasteiger partial charge in [-0.15, -0.1) is 0 Å². The number of esters is 1. The van der Waals surface area contributed by atoms with E-state index in [-0.39, 0.29) is 37.2 Å². The molecule has 262 valence electrons. The number of fused-ring (bicyclic) bond motifs is 7. The third-order valence-electron chi connectivity index (χ3n) is 11.5. The smallest absolute Gasteiger partial charge is 0.329 e. The number of aliphatic hydroxyl groups is 2. The molecule has 1 heterocycles. The second kappa shape index (κ2) is 12.7. The van der Waals surface area contributed by atoms with Gasteiger partial charge in [-0.2, -0.15) is 0 Å². The van der Waals surface area contributed by atoms with Gasteiger partial charge in [0, 0.05) is 16.7 Å². The van der Waals surface area contributed by atoms with Crippen molar-refractivity contribution in [3.05, 3.63) is 23.8 Å². The van der Waals surface area contributed by atoms with Gasteiger partial charge in [0.2, 0.25) is 11.7 Å². The topological polar surface area (TPSA) is 174 Å². The Kier molecular flexibility index (Phi) is 9.66. The molecule has 13 heteroatoms. The van der Waals surface area contributed by atoms with E-state index in [1.807, 2.05) is 20.8 Å². The molecule has 1 saturated heterocycles. The lowest BCUT2D eigenvalue weighted by molar-refractivity contribution is -0.235. The molecule has 12 atom stereocenters. The van der Waals surface area contributed by atoms with Crippen LogP contribution in [0.25, 0.3) is 0 Å². The maximum atomic E-state index is 17.7. The number of allylic oxidation sites excluding steroid dienone is 4. The molecule has 5 aliphatic rings. The van der Waals surface area contributed by atoms with Crippen molar-refractivity contribution in [1.29, 1.82) is 0 Å². The molecule has 0 aromatic rings. The number of alkyl halides is 2. The minimum absolute atomic E-state index is 0.000735. The number of rotatable bonds is 11. The van der Waals surface area contributed by atoms with Gasteiger partial charge in [-0.3, -0.25) is 14.4 Å². The Morgan fingerprint density at radius 3 is 2.55 bits per heavy atom. The number of ketones is 2. The van der Waals surface area contributed by atoms with Crippen LogP contribution in [0.5, 0.6) is 0 Å². The third-order valence-corrected chi connectivity index (χ3v) is 11.5. The maximum Gasteiger partial charge on any atom is 0.329 e. The molecular weight excluding hydrogens is 618 g/mol. The number of nitrogens with two attached hydrogens (primary N) is 1. The van der Waals surface area contributed by atoms with Crippen LogP contribution in [0, 0.1) is 28.6 Å². The Labute approximate surface area is 273 Å². The molecule has 0 aromatic heterocycles. The molecule has 0 aromatic carbocycles. The number of amides is 1. The molecule has 4 aliphatic carbocycles. The predicted molar refractivity (Wildman–Crippen MR) is 164 cm³/mol. The van der Waals surface area contributed by atoms with Crippen molar-refractivity contribution in [2.45, 2.75) is 121 Å². The van der Waals surface area contributed by atoms with Crippen molar-refractivity contribution < 1.29 is 52.4 Å². The highest BCUT2D eigenvalue weighted by atomic mass is 19.1. The lowest BCUT2D eigenvalue weighted by atomic mass is 9.44. The number of nitrogens with one attached hydrogen (secondary N) is 1. The van der Waals surface area contributed by atoms with E-state index in [0.717, 1.165) is 6.08 Å². The normalized spacial score (nSPS) is 41.7. The zero-order valence-electron chi connectivity index (χ0n) is 27.7. The summed E-state index contributed by atoms with van der Waals surface area (Å²) < 4.78 is 51.8. The highest BCUT2D eigenvalue weighted by molar-refractivity contribution is 6.01. The van der Waals surface area contributed by atoms with E-state index in [1.54, 1.807) is 6.92 Å². The predicted octanol–water partition coefficient (Wildman–Crippen LogP) is 2.16.